The van der Waals surface area contributed by atoms with Gasteiger partial charge in [0.15, 0.2) is 6.26 Å². The Labute approximate surface area is 75.9 Å². The van der Waals surface area contributed by atoms with Gasteiger partial charge in [0.25, 0.3) is 0 Å². The minimum absolute atomic E-state index is 0.715. The number of benzene rings is 1. The number of hydrogen-bond acceptors (Lipinski definition) is 3. The number of ether oxygens (including phenoxy) is 2. The van der Waals surface area contributed by atoms with E-state index in [1.807, 2.05) is 6.07 Å². The predicted molar refractivity (Wildman–Crippen MR) is 48.2 cm³/mol. The van der Waals surface area contributed by atoms with Crippen LogP contribution >= 0.6 is 0 Å². The molecule has 0 saturated carbocycles. The standard InChI is InChI=1S/C10H9O3/c1-11-7-5-9(12-2)8-3-4-13-10(8)6-7/h3,5-6H,1-2H3. The zero-order valence-corrected chi connectivity index (χ0v) is 7.46. The van der Waals surface area contributed by atoms with Crippen molar-refractivity contribution < 1.29 is 13.9 Å². The minimum atomic E-state index is 0.715. The zero-order valence-electron chi connectivity index (χ0n) is 7.46. The Morgan fingerprint density at radius 2 is 2.08 bits per heavy atom. The SMILES string of the molecule is COc1cc(OC)c2c[c]oc2c1. The molecule has 67 valence electrons. The molecule has 1 heterocycles. The highest BCUT2D eigenvalue weighted by Crippen LogP contribution is 2.31. The van der Waals surface area contributed by atoms with Crippen LogP contribution in [-0.2, 0) is 0 Å². The van der Waals surface area contributed by atoms with E-state index in [-0.39, 0.29) is 0 Å². The largest absolute Gasteiger partial charge is 0.496 e. The third kappa shape index (κ3) is 1.22. The minimum Gasteiger partial charge on any atom is -0.496 e. The third-order valence-corrected chi connectivity index (χ3v) is 1.91. The van der Waals surface area contributed by atoms with Crippen LogP contribution in [0.2, 0.25) is 0 Å². The van der Waals surface area contributed by atoms with E-state index >= 15 is 0 Å². The number of methoxy groups -OCH3 is 2. The normalized spacial score (nSPS) is 10.3. The van der Waals surface area contributed by atoms with Gasteiger partial charge in [0.05, 0.1) is 19.6 Å². The molecule has 1 radical (unpaired) electrons. The van der Waals surface area contributed by atoms with E-state index in [1.54, 1.807) is 26.4 Å². The first-order valence-corrected chi connectivity index (χ1v) is 3.87. The first-order valence-electron chi connectivity index (χ1n) is 3.87. The molecule has 3 nitrogen and oxygen atoms in total. The van der Waals surface area contributed by atoms with E-state index in [0.717, 1.165) is 16.7 Å². The van der Waals surface area contributed by atoms with Gasteiger partial charge in [-0.25, -0.2) is 0 Å². The molecule has 0 spiro atoms. The van der Waals surface area contributed by atoms with Crippen molar-refractivity contribution in [1.29, 1.82) is 0 Å². The fourth-order valence-corrected chi connectivity index (χ4v) is 1.24. The molecule has 1 aromatic carbocycles. The summed E-state index contributed by atoms with van der Waals surface area (Å²) in [5.41, 5.74) is 0.719. The van der Waals surface area contributed by atoms with Crippen LogP contribution in [0, 0.1) is 6.26 Å². The second-order valence-electron chi connectivity index (χ2n) is 2.61. The summed E-state index contributed by atoms with van der Waals surface area (Å²) in [5, 5.41) is 0.906. The van der Waals surface area contributed by atoms with Crippen LogP contribution in [0.25, 0.3) is 11.0 Å². The Morgan fingerprint density at radius 3 is 2.77 bits per heavy atom. The lowest BCUT2D eigenvalue weighted by Gasteiger charge is -2.04. The van der Waals surface area contributed by atoms with E-state index in [2.05, 4.69) is 6.26 Å². The maximum Gasteiger partial charge on any atom is 0.170 e. The van der Waals surface area contributed by atoms with Crippen molar-refractivity contribution in [2.75, 3.05) is 14.2 Å². The molecular weight excluding hydrogens is 168 g/mol. The van der Waals surface area contributed by atoms with Crippen LogP contribution in [0.4, 0.5) is 0 Å². The highest BCUT2D eigenvalue weighted by atomic mass is 16.5. The number of rotatable bonds is 2. The Hall–Kier alpha value is -1.64. The van der Waals surface area contributed by atoms with Gasteiger partial charge in [-0.05, 0) is 6.07 Å². The van der Waals surface area contributed by atoms with Gasteiger partial charge in [-0.1, -0.05) is 0 Å². The second kappa shape index (κ2) is 3.01. The summed E-state index contributed by atoms with van der Waals surface area (Å²) in [6, 6.07) is 5.35. The molecule has 0 bridgehead atoms. The Kier molecular flexibility index (Phi) is 1.85. The summed E-state index contributed by atoms with van der Waals surface area (Å²) < 4.78 is 15.4. The molecule has 0 N–H and O–H groups in total. The summed E-state index contributed by atoms with van der Waals surface area (Å²) in [5.74, 6) is 1.45. The summed E-state index contributed by atoms with van der Waals surface area (Å²) in [6.07, 6.45) is 2.65. The first kappa shape index (κ1) is 7.98. The van der Waals surface area contributed by atoms with E-state index < -0.39 is 0 Å². The van der Waals surface area contributed by atoms with Crippen LogP contribution in [0.3, 0.4) is 0 Å². The van der Waals surface area contributed by atoms with Crippen molar-refractivity contribution in [1.82, 2.24) is 0 Å². The molecule has 0 amide bonds. The van der Waals surface area contributed by atoms with Crippen LogP contribution in [0.5, 0.6) is 11.5 Å². The maximum atomic E-state index is 5.17. The molecule has 2 aromatic rings. The van der Waals surface area contributed by atoms with E-state index in [1.165, 1.54) is 0 Å². The summed E-state index contributed by atoms with van der Waals surface area (Å²) in [7, 11) is 3.22. The molecule has 0 aliphatic rings. The number of furan rings is 1. The Bertz CT molecular complexity index is 417. The van der Waals surface area contributed by atoms with Crippen LogP contribution in [0.1, 0.15) is 0 Å². The predicted octanol–water partition coefficient (Wildman–Crippen LogP) is 2.25. The van der Waals surface area contributed by atoms with Gasteiger partial charge >= 0.3 is 0 Å². The lowest BCUT2D eigenvalue weighted by Crippen LogP contribution is -1.86. The van der Waals surface area contributed by atoms with Gasteiger partial charge in [0, 0.05) is 12.1 Å². The van der Waals surface area contributed by atoms with Gasteiger partial charge in [-0.3, -0.25) is 0 Å². The van der Waals surface area contributed by atoms with E-state index in [0.29, 0.717) is 5.75 Å². The molecule has 0 unspecified atom stereocenters. The fraction of sp³-hybridized carbons (Fsp3) is 0.200. The number of hydrogen-bond donors (Lipinski definition) is 0. The van der Waals surface area contributed by atoms with Crippen LogP contribution < -0.4 is 9.47 Å². The molecule has 3 heteroatoms. The smallest absolute Gasteiger partial charge is 0.170 e. The molecule has 1 aromatic heterocycles. The van der Waals surface area contributed by atoms with Gasteiger partial charge < -0.3 is 13.9 Å². The van der Waals surface area contributed by atoms with E-state index in [4.69, 9.17) is 13.9 Å². The summed E-state index contributed by atoms with van der Waals surface area (Å²) in [4.78, 5) is 0. The highest BCUT2D eigenvalue weighted by Gasteiger charge is 2.06. The van der Waals surface area contributed by atoms with Gasteiger partial charge in [-0.2, -0.15) is 0 Å². The molecule has 0 aliphatic heterocycles. The molecule has 13 heavy (non-hydrogen) atoms. The quantitative estimate of drug-likeness (QED) is 0.705. The van der Waals surface area contributed by atoms with E-state index in [9.17, 15) is 0 Å². The monoisotopic (exact) mass is 177 g/mol. The van der Waals surface area contributed by atoms with Crippen LogP contribution in [-0.4, -0.2) is 14.2 Å². The molecule has 2 rings (SSSR count). The van der Waals surface area contributed by atoms with Crippen molar-refractivity contribution >= 4 is 11.0 Å². The molecule has 0 aliphatic carbocycles. The van der Waals surface area contributed by atoms with Crippen molar-refractivity contribution in [3.8, 4) is 11.5 Å². The van der Waals surface area contributed by atoms with Crippen molar-refractivity contribution in [2.45, 2.75) is 0 Å². The average Bonchev–Trinajstić information content (AvgIpc) is 2.63. The van der Waals surface area contributed by atoms with Crippen LogP contribution in [0.15, 0.2) is 22.6 Å². The maximum absolute atomic E-state index is 5.17. The highest BCUT2D eigenvalue weighted by molar-refractivity contribution is 5.85. The van der Waals surface area contributed by atoms with Gasteiger partial charge in [0.2, 0.25) is 0 Å². The first-order chi connectivity index (χ1) is 6.35. The van der Waals surface area contributed by atoms with Crippen molar-refractivity contribution in [3.05, 3.63) is 24.5 Å². The lowest BCUT2D eigenvalue weighted by atomic mass is 10.2. The number of fused-ring (bicyclic) bond motifs is 1. The van der Waals surface area contributed by atoms with Crippen molar-refractivity contribution in [3.63, 3.8) is 0 Å². The lowest BCUT2D eigenvalue weighted by molar-refractivity contribution is 0.397. The Morgan fingerprint density at radius 1 is 1.23 bits per heavy atom. The third-order valence-electron chi connectivity index (χ3n) is 1.91. The Balaban J connectivity index is 2.70. The summed E-state index contributed by atoms with van der Waals surface area (Å²) in [6.45, 7) is 0. The molecule has 0 fully saturated rings. The zero-order chi connectivity index (χ0) is 9.26. The molecule has 0 atom stereocenters. The topological polar surface area (TPSA) is 31.6 Å². The van der Waals surface area contributed by atoms with Gasteiger partial charge in [0.1, 0.15) is 17.1 Å². The van der Waals surface area contributed by atoms with Crippen molar-refractivity contribution in [2.24, 2.45) is 0 Å². The molecule has 0 saturated heterocycles. The average molecular weight is 177 g/mol. The fourth-order valence-electron chi connectivity index (χ4n) is 1.24. The van der Waals surface area contributed by atoms with Gasteiger partial charge in [-0.15, -0.1) is 0 Å². The molecular formula is C10H9O3. The summed E-state index contributed by atoms with van der Waals surface area (Å²) >= 11 is 0. The second-order valence-corrected chi connectivity index (χ2v) is 2.61.